The van der Waals surface area contributed by atoms with E-state index in [-0.39, 0.29) is 10.8 Å². The van der Waals surface area contributed by atoms with Crippen LogP contribution in [-0.2, 0) is 10.2 Å². The van der Waals surface area contributed by atoms with Gasteiger partial charge in [0.05, 0.1) is 19.6 Å². The molecule has 0 N–H and O–H groups in total. The molecule has 0 amide bonds. The number of likely N-dealkylation sites (tertiary alicyclic amines) is 1. The number of nitrogens with zero attached hydrogens (tertiary/aromatic N) is 1. The first-order valence-corrected chi connectivity index (χ1v) is 9.55. The van der Waals surface area contributed by atoms with Crippen LogP contribution in [0.3, 0.4) is 0 Å². The number of likely N-dealkylation sites (N-methyl/N-ethyl adjacent to an activating group) is 1. The highest BCUT2D eigenvalue weighted by atomic mass is 16.5. The first kappa shape index (κ1) is 15.7. The van der Waals surface area contributed by atoms with Gasteiger partial charge in [-0.25, -0.2) is 0 Å². The van der Waals surface area contributed by atoms with Gasteiger partial charge in [-0.15, -0.1) is 0 Å². The molecule has 0 radical (unpaired) electrons. The van der Waals surface area contributed by atoms with Crippen LogP contribution in [0.25, 0.3) is 0 Å². The fraction of sp³-hybridized carbons (Fsp3) is 0.667. The molecule has 1 aromatic rings. The topological polar surface area (TPSA) is 38.8 Å². The lowest BCUT2D eigenvalue weighted by Crippen LogP contribution is -2.66. The molecule has 1 heterocycles. The largest absolute Gasteiger partial charge is 0.493 e. The number of piperidine rings is 1. The summed E-state index contributed by atoms with van der Waals surface area (Å²) in [5.41, 5.74) is 2.42. The van der Waals surface area contributed by atoms with Gasteiger partial charge in [0.25, 0.3) is 0 Å². The van der Waals surface area contributed by atoms with Crippen LogP contribution in [0.4, 0.5) is 0 Å². The molecule has 3 fully saturated rings. The number of rotatable bonds is 3. The molecular weight excluding hydrogens is 314 g/mol. The van der Waals surface area contributed by atoms with E-state index in [0.717, 1.165) is 43.9 Å². The monoisotopic (exact) mass is 341 g/mol. The zero-order chi connectivity index (χ0) is 17.6. The van der Waals surface area contributed by atoms with Crippen molar-refractivity contribution in [2.75, 3.05) is 27.3 Å². The van der Waals surface area contributed by atoms with Gasteiger partial charge < -0.3 is 9.47 Å². The molecule has 4 heteroatoms. The fourth-order valence-corrected chi connectivity index (χ4v) is 7.12. The summed E-state index contributed by atoms with van der Waals surface area (Å²) in [6.45, 7) is 6.79. The van der Waals surface area contributed by atoms with Crippen molar-refractivity contribution in [3.8, 4) is 11.5 Å². The first-order valence-electron chi connectivity index (χ1n) is 9.55. The van der Waals surface area contributed by atoms with Crippen LogP contribution in [0.2, 0.25) is 0 Å². The van der Waals surface area contributed by atoms with E-state index in [1.54, 1.807) is 14.2 Å². The Labute approximate surface area is 149 Å². The second kappa shape index (κ2) is 4.79. The second-order valence-electron chi connectivity index (χ2n) is 8.61. The Morgan fingerprint density at radius 3 is 2.76 bits per heavy atom. The number of carbonyl (C=O) groups is 1. The zero-order valence-corrected chi connectivity index (χ0v) is 15.6. The zero-order valence-electron chi connectivity index (χ0n) is 15.6. The maximum absolute atomic E-state index is 13.5. The van der Waals surface area contributed by atoms with Crippen LogP contribution in [-0.4, -0.2) is 44.0 Å². The van der Waals surface area contributed by atoms with Gasteiger partial charge in [0.2, 0.25) is 0 Å². The number of fused-ring (bicyclic) bond motifs is 2. The van der Waals surface area contributed by atoms with E-state index in [9.17, 15) is 4.79 Å². The highest BCUT2D eigenvalue weighted by Gasteiger charge is 2.75. The molecule has 4 aliphatic rings. The van der Waals surface area contributed by atoms with Crippen molar-refractivity contribution in [2.45, 2.75) is 50.5 Å². The lowest BCUT2D eigenvalue weighted by Gasteiger charge is -2.58. The number of carbonyl (C=O) groups excluding carboxylic acids is 1. The van der Waals surface area contributed by atoms with Crippen molar-refractivity contribution in [3.05, 3.63) is 23.3 Å². The molecule has 5 atom stereocenters. The molecule has 2 saturated carbocycles. The minimum atomic E-state index is -0.319. The maximum Gasteiger partial charge on any atom is 0.164 e. The Morgan fingerprint density at radius 2 is 2.08 bits per heavy atom. The summed E-state index contributed by atoms with van der Waals surface area (Å²) in [7, 11) is 3.41. The predicted octanol–water partition coefficient (Wildman–Crippen LogP) is 3.13. The summed E-state index contributed by atoms with van der Waals surface area (Å²) in [5, 5.41) is 0. The smallest absolute Gasteiger partial charge is 0.164 e. The van der Waals surface area contributed by atoms with Gasteiger partial charge in [-0.3, -0.25) is 9.69 Å². The molecule has 5 bridgehead atoms. The minimum absolute atomic E-state index is 0.250. The highest BCUT2D eigenvalue weighted by Crippen LogP contribution is 2.73. The van der Waals surface area contributed by atoms with Crippen molar-refractivity contribution in [1.82, 2.24) is 4.90 Å². The van der Waals surface area contributed by atoms with Crippen molar-refractivity contribution in [2.24, 2.45) is 11.3 Å². The molecule has 1 spiro atoms. The van der Waals surface area contributed by atoms with Crippen molar-refractivity contribution < 1.29 is 14.3 Å². The Morgan fingerprint density at radius 1 is 1.28 bits per heavy atom. The first-order chi connectivity index (χ1) is 12.0. The number of ether oxygens (including phenoxy) is 2. The molecular formula is C21H27NO3. The van der Waals surface area contributed by atoms with E-state index in [4.69, 9.17) is 9.47 Å². The minimum Gasteiger partial charge on any atom is -0.493 e. The van der Waals surface area contributed by atoms with Gasteiger partial charge >= 0.3 is 0 Å². The van der Waals surface area contributed by atoms with Crippen molar-refractivity contribution in [3.63, 3.8) is 0 Å². The second-order valence-corrected chi connectivity index (χ2v) is 8.61. The Bertz CT molecular complexity index is 775. The number of benzene rings is 1. The molecule has 1 saturated heterocycles. The molecule has 1 aliphatic heterocycles. The average Bonchev–Trinajstić information content (AvgIpc) is 3.08. The van der Waals surface area contributed by atoms with Gasteiger partial charge in [-0.1, -0.05) is 19.9 Å². The van der Waals surface area contributed by atoms with Gasteiger partial charge in [0.15, 0.2) is 11.5 Å². The normalized spacial score (nSPS) is 41.0. The number of hydrogen-bond acceptors (Lipinski definition) is 4. The van der Waals surface area contributed by atoms with E-state index in [2.05, 4.69) is 24.8 Å². The molecule has 0 aromatic heterocycles. The van der Waals surface area contributed by atoms with E-state index in [1.165, 1.54) is 11.1 Å². The Kier molecular flexibility index (Phi) is 3.00. The molecule has 5 rings (SSSR count). The Hall–Kier alpha value is -1.55. The summed E-state index contributed by atoms with van der Waals surface area (Å²) < 4.78 is 11.3. The van der Waals surface area contributed by atoms with Gasteiger partial charge in [0, 0.05) is 30.5 Å². The van der Waals surface area contributed by atoms with Crippen LogP contribution in [0.5, 0.6) is 11.5 Å². The summed E-state index contributed by atoms with van der Waals surface area (Å²) >= 11 is 0. The quantitative estimate of drug-likeness (QED) is 0.847. The van der Waals surface area contributed by atoms with Crippen molar-refractivity contribution >= 4 is 5.78 Å². The fourth-order valence-electron chi connectivity index (χ4n) is 7.12. The molecule has 25 heavy (non-hydrogen) atoms. The number of methoxy groups -OCH3 is 2. The van der Waals surface area contributed by atoms with Crippen LogP contribution in [0.1, 0.15) is 50.2 Å². The number of ketones is 1. The lowest BCUT2D eigenvalue weighted by molar-refractivity contribution is -0.144. The molecule has 3 aliphatic carbocycles. The van der Waals surface area contributed by atoms with Crippen LogP contribution in [0.15, 0.2) is 12.1 Å². The van der Waals surface area contributed by atoms with Gasteiger partial charge in [0.1, 0.15) is 5.78 Å². The summed E-state index contributed by atoms with van der Waals surface area (Å²) in [4.78, 5) is 16.1. The molecule has 1 unspecified atom stereocenters. The van der Waals surface area contributed by atoms with Crippen LogP contribution >= 0.6 is 0 Å². The third-order valence-corrected chi connectivity index (χ3v) is 7.88. The van der Waals surface area contributed by atoms with E-state index in [0.29, 0.717) is 23.7 Å². The summed E-state index contributed by atoms with van der Waals surface area (Å²) in [5.74, 6) is 2.96. The van der Waals surface area contributed by atoms with Crippen LogP contribution in [0, 0.1) is 11.3 Å². The summed E-state index contributed by atoms with van der Waals surface area (Å²) in [6, 6.07) is 4.47. The number of hydrogen-bond donors (Lipinski definition) is 0. The van der Waals surface area contributed by atoms with Crippen molar-refractivity contribution in [1.29, 1.82) is 0 Å². The summed E-state index contributed by atoms with van der Waals surface area (Å²) in [6.07, 6.45) is 2.87. The van der Waals surface area contributed by atoms with Gasteiger partial charge in [-0.05, 0) is 42.3 Å². The lowest BCUT2D eigenvalue weighted by atomic mass is 9.50. The van der Waals surface area contributed by atoms with Gasteiger partial charge in [-0.2, -0.15) is 0 Å². The standard InChI is InChI=1S/C21H27NO3/c1-5-22-11-20(2)9-8-16(23)21-13-6-7-14(24-3)18(25-4)17(13)12(19(21)22)10-15(20)21/h6-7,12,15,19H,5,8-11H2,1-4H3/t12-,15-,19?,20+,21-/m1/s1. The molecule has 134 valence electrons. The third-order valence-electron chi connectivity index (χ3n) is 7.88. The third kappa shape index (κ3) is 1.53. The molecule has 1 aromatic carbocycles. The number of Topliss-reactive ketones (excluding diaryl/α,β-unsaturated/α-hetero) is 1. The van der Waals surface area contributed by atoms with E-state index >= 15 is 0 Å². The van der Waals surface area contributed by atoms with E-state index in [1.807, 2.05) is 6.07 Å². The maximum atomic E-state index is 13.5. The van der Waals surface area contributed by atoms with Crippen LogP contribution < -0.4 is 9.47 Å². The molecule has 4 nitrogen and oxygen atoms in total. The average molecular weight is 341 g/mol. The van der Waals surface area contributed by atoms with E-state index < -0.39 is 0 Å². The Balaban J connectivity index is 1.82. The highest BCUT2D eigenvalue weighted by molar-refractivity contribution is 5.96. The predicted molar refractivity (Wildman–Crippen MR) is 95.5 cm³/mol. The SMILES string of the molecule is CCN1C[C@]2(C)CCC(=O)[C@@]34c5ccc(OC)c(OC)c5[C@@H](C[C@H]23)C14.